The Hall–Kier alpha value is -4.60. The lowest BCUT2D eigenvalue weighted by molar-refractivity contribution is -0.578. The van der Waals surface area contributed by atoms with Crippen LogP contribution < -0.4 is 20.8 Å². The monoisotopic (exact) mass is 585 g/mol. The molecule has 214 valence electrons. The van der Waals surface area contributed by atoms with Crippen molar-refractivity contribution in [2.75, 3.05) is 11.4 Å². The highest BCUT2D eigenvalue weighted by molar-refractivity contribution is 7.95. The summed E-state index contributed by atoms with van der Waals surface area (Å²) >= 11 is 0. The van der Waals surface area contributed by atoms with E-state index in [-0.39, 0.29) is 30.2 Å². The lowest BCUT2D eigenvalue weighted by Crippen LogP contribution is -2.53. The normalized spacial score (nSPS) is 17.0. The van der Waals surface area contributed by atoms with Gasteiger partial charge < -0.3 is 4.90 Å². The fraction of sp³-hybridized carbons (Fsp3) is 0.162. The second kappa shape index (κ2) is 11.9. The minimum absolute atomic E-state index is 0.00758. The molecule has 0 radical (unpaired) electrons. The van der Waals surface area contributed by atoms with Gasteiger partial charge in [-0.1, -0.05) is 103 Å². The van der Waals surface area contributed by atoms with Gasteiger partial charge in [0.25, 0.3) is 5.54 Å². The van der Waals surface area contributed by atoms with Crippen molar-refractivity contribution in [1.82, 2.24) is 0 Å². The summed E-state index contributed by atoms with van der Waals surface area (Å²) in [4.78, 5) is 27.9. The zero-order valence-corrected chi connectivity index (χ0v) is 25.1. The molecule has 5 aromatic rings. The average Bonchev–Trinajstić information content (AvgIpc) is 3.06. The van der Waals surface area contributed by atoms with Crippen molar-refractivity contribution in [3.05, 3.63) is 166 Å². The van der Waals surface area contributed by atoms with Gasteiger partial charge in [-0.15, -0.1) is 0 Å². The van der Waals surface area contributed by atoms with Crippen molar-refractivity contribution in [2.45, 2.75) is 31.5 Å². The number of nitrogens with zero attached hydrogens (tertiary/aromatic N) is 2. The first-order valence-electron chi connectivity index (χ1n) is 14.6. The number of hydrogen-bond donors (Lipinski definition) is 0. The minimum Gasteiger partial charge on any atom is -0.304 e. The van der Waals surface area contributed by atoms with Gasteiger partial charge in [-0.3, -0.25) is 14.9 Å². The predicted molar refractivity (Wildman–Crippen MR) is 177 cm³/mol. The van der Waals surface area contributed by atoms with Crippen molar-refractivity contribution in [1.29, 1.82) is 0 Å². The van der Waals surface area contributed by atoms with Crippen LogP contribution >= 0.6 is 7.26 Å². The summed E-state index contributed by atoms with van der Waals surface area (Å²) < 4.78 is 0. The van der Waals surface area contributed by atoms with Crippen LogP contribution in [0.25, 0.3) is 0 Å². The van der Waals surface area contributed by atoms with Crippen molar-refractivity contribution in [3.63, 3.8) is 0 Å². The van der Waals surface area contributed by atoms with E-state index in [9.17, 15) is 14.9 Å². The molecule has 0 N–H and O–H groups in total. The third-order valence-corrected chi connectivity index (χ3v) is 13.0. The van der Waals surface area contributed by atoms with Gasteiger partial charge in [0.05, 0.1) is 5.69 Å². The zero-order valence-electron chi connectivity index (χ0n) is 24.2. The molecule has 0 spiro atoms. The molecule has 43 heavy (non-hydrogen) atoms. The van der Waals surface area contributed by atoms with E-state index in [0.717, 1.165) is 16.8 Å². The van der Waals surface area contributed by atoms with Crippen LogP contribution in [-0.4, -0.2) is 17.4 Å². The van der Waals surface area contributed by atoms with Crippen LogP contribution in [-0.2, 0) is 16.5 Å². The number of hydrogen-bond acceptors (Lipinski definition) is 3. The van der Waals surface area contributed by atoms with E-state index in [0.29, 0.717) is 11.7 Å². The van der Waals surface area contributed by atoms with Crippen molar-refractivity contribution >= 4 is 34.8 Å². The molecule has 1 amide bonds. The highest BCUT2D eigenvalue weighted by Gasteiger charge is 2.52. The lowest BCUT2D eigenvalue weighted by atomic mass is 9.82. The number of nitro groups is 1. The standard InChI is InChI=1S/C37H34N2O3P/c1-29-22-23-35(38-28-37(39(41)42,25-24-36(38)40)31-14-6-2-7-15-31)30(26-29)27-43(32-16-8-3-9-17-32,33-18-10-4-11-19-33)34-20-12-5-13-21-34/h2-23,26H,24-25,27-28H2,1H3/q+1. The second-order valence-electron chi connectivity index (χ2n) is 11.2. The Morgan fingerprint density at radius 2 is 1.23 bits per heavy atom. The number of aryl methyl sites for hydroxylation is 1. The fourth-order valence-corrected chi connectivity index (χ4v) is 10.7. The molecule has 5 nitrogen and oxygen atoms in total. The fourth-order valence-electron chi connectivity index (χ4n) is 6.46. The SMILES string of the molecule is Cc1ccc(N2CC(c3ccccc3)([N+](=O)[O-])CCC2=O)c(C[P+](c2ccccc2)(c2ccccc2)c2ccccc2)c1. The third-order valence-electron chi connectivity index (χ3n) is 8.66. The van der Waals surface area contributed by atoms with Crippen molar-refractivity contribution in [3.8, 4) is 0 Å². The molecule has 0 aliphatic carbocycles. The van der Waals surface area contributed by atoms with Crippen LogP contribution in [0.4, 0.5) is 5.69 Å². The van der Waals surface area contributed by atoms with E-state index in [4.69, 9.17) is 0 Å². The summed E-state index contributed by atoms with van der Waals surface area (Å²) in [5.41, 5.74) is 2.11. The average molecular weight is 586 g/mol. The smallest absolute Gasteiger partial charge is 0.265 e. The van der Waals surface area contributed by atoms with Crippen LogP contribution in [0.3, 0.4) is 0 Å². The third kappa shape index (κ3) is 5.26. The van der Waals surface area contributed by atoms with E-state index in [1.54, 1.807) is 4.90 Å². The Morgan fingerprint density at radius 3 is 1.72 bits per heavy atom. The van der Waals surface area contributed by atoms with Crippen LogP contribution in [0.5, 0.6) is 0 Å². The van der Waals surface area contributed by atoms with Gasteiger partial charge in [0.15, 0.2) is 0 Å². The van der Waals surface area contributed by atoms with Gasteiger partial charge in [0.1, 0.15) is 35.9 Å². The number of rotatable bonds is 8. The highest BCUT2D eigenvalue weighted by atomic mass is 31.2. The second-order valence-corrected chi connectivity index (χ2v) is 14.7. The first kappa shape index (κ1) is 28.5. The number of amides is 1. The molecule has 1 aliphatic heterocycles. The first-order chi connectivity index (χ1) is 20.9. The summed E-state index contributed by atoms with van der Waals surface area (Å²) in [6.45, 7) is 2.05. The molecule has 1 heterocycles. The molecule has 0 saturated carbocycles. The van der Waals surface area contributed by atoms with Crippen LogP contribution in [0.2, 0.25) is 0 Å². The van der Waals surface area contributed by atoms with Gasteiger partial charge in [-0.05, 0) is 49.4 Å². The van der Waals surface area contributed by atoms with E-state index < -0.39 is 12.8 Å². The largest absolute Gasteiger partial charge is 0.304 e. The maximum absolute atomic E-state index is 13.7. The van der Waals surface area contributed by atoms with E-state index >= 15 is 0 Å². The Bertz CT molecular complexity index is 1630. The molecule has 0 bridgehead atoms. The molecule has 6 rings (SSSR count). The van der Waals surface area contributed by atoms with Gasteiger partial charge >= 0.3 is 0 Å². The Morgan fingerprint density at radius 1 is 0.744 bits per heavy atom. The van der Waals surface area contributed by atoms with Gasteiger partial charge in [0.2, 0.25) is 5.91 Å². The first-order valence-corrected chi connectivity index (χ1v) is 16.6. The van der Waals surface area contributed by atoms with Gasteiger partial charge in [0, 0.05) is 28.9 Å². The maximum Gasteiger partial charge on any atom is 0.265 e. The summed E-state index contributed by atoms with van der Waals surface area (Å²) in [5.74, 6) is -0.0819. The molecule has 1 fully saturated rings. The van der Waals surface area contributed by atoms with E-state index in [1.165, 1.54) is 15.9 Å². The molecule has 6 heteroatoms. The predicted octanol–water partition coefficient (Wildman–Crippen LogP) is 6.79. The minimum atomic E-state index is -2.27. The topological polar surface area (TPSA) is 63.4 Å². The lowest BCUT2D eigenvalue weighted by Gasteiger charge is -2.38. The van der Waals surface area contributed by atoms with Gasteiger partial charge in [-0.25, -0.2) is 0 Å². The molecule has 1 saturated heterocycles. The van der Waals surface area contributed by atoms with Crippen molar-refractivity contribution in [2.24, 2.45) is 0 Å². The number of benzene rings is 5. The molecule has 1 unspecified atom stereocenters. The summed E-state index contributed by atoms with van der Waals surface area (Å²) in [6.07, 6.45) is 0.956. The molecule has 1 atom stereocenters. The summed E-state index contributed by atoms with van der Waals surface area (Å²) in [6, 6.07) is 47.2. The maximum atomic E-state index is 13.7. The molecular formula is C37H34N2O3P+. The van der Waals surface area contributed by atoms with Crippen molar-refractivity contribution < 1.29 is 9.72 Å². The number of piperidine rings is 1. The number of anilines is 1. The molecule has 5 aromatic carbocycles. The van der Waals surface area contributed by atoms with Crippen LogP contribution in [0.15, 0.2) is 140 Å². The Balaban J connectivity index is 1.54. The Labute approximate surface area is 253 Å². The highest BCUT2D eigenvalue weighted by Crippen LogP contribution is 2.59. The molecule has 0 aromatic heterocycles. The van der Waals surface area contributed by atoms with Crippen LogP contribution in [0.1, 0.15) is 29.5 Å². The number of carbonyl (C=O) groups excluding carboxylic acids is 1. The number of carbonyl (C=O) groups is 1. The van der Waals surface area contributed by atoms with E-state index in [2.05, 4.69) is 85.8 Å². The van der Waals surface area contributed by atoms with Gasteiger partial charge in [-0.2, -0.15) is 0 Å². The Kier molecular flexibility index (Phi) is 7.92. The summed E-state index contributed by atoms with van der Waals surface area (Å²) in [7, 11) is -2.27. The zero-order chi connectivity index (χ0) is 29.9. The summed E-state index contributed by atoms with van der Waals surface area (Å²) in [5, 5.41) is 16.5. The quantitative estimate of drug-likeness (QED) is 0.114. The van der Waals surface area contributed by atoms with E-state index in [1.807, 2.05) is 60.7 Å². The van der Waals surface area contributed by atoms with Crippen LogP contribution in [0, 0.1) is 17.0 Å². The molecule has 1 aliphatic rings. The molecular weight excluding hydrogens is 551 g/mol.